The van der Waals surface area contributed by atoms with E-state index in [9.17, 15) is 14.4 Å². The second kappa shape index (κ2) is 8.18. The number of benzene rings is 1. The van der Waals surface area contributed by atoms with Crippen LogP contribution in [-0.4, -0.2) is 41.9 Å². The highest BCUT2D eigenvalue weighted by Gasteiger charge is 2.13. The molecule has 2 amide bonds. The topological polar surface area (TPSA) is 108 Å². The maximum Gasteiger partial charge on any atom is 0.413 e. The van der Waals surface area contributed by atoms with Gasteiger partial charge in [-0.25, -0.2) is 9.78 Å². The monoisotopic (exact) mass is 338 g/mol. The molecule has 1 heterocycles. The number of imide groups is 1. The van der Waals surface area contributed by atoms with Gasteiger partial charge in [-0.1, -0.05) is 23.9 Å². The molecule has 1 N–H and O–H groups in total. The van der Waals surface area contributed by atoms with Crippen molar-refractivity contribution in [2.24, 2.45) is 0 Å². The predicted molar refractivity (Wildman–Crippen MR) is 80.9 cm³/mol. The summed E-state index contributed by atoms with van der Waals surface area (Å²) in [7, 11) is 0. The third-order valence-corrected chi connectivity index (χ3v) is 3.27. The Kier molecular flexibility index (Phi) is 5.98. The van der Waals surface area contributed by atoms with Crippen LogP contribution in [0.15, 0.2) is 33.9 Å². The Hall–Kier alpha value is -2.55. The Morgan fingerprint density at radius 1 is 1.26 bits per heavy atom. The number of thioether (sulfide) groups is 1. The lowest BCUT2D eigenvalue weighted by Crippen LogP contribution is -2.34. The molecule has 1 aromatic carbocycles. The quantitative estimate of drug-likeness (QED) is 0.627. The summed E-state index contributed by atoms with van der Waals surface area (Å²) in [5, 5.41) is 2.25. The number of para-hydroxylation sites is 2. The van der Waals surface area contributed by atoms with Crippen LogP contribution in [0, 0.1) is 0 Å². The summed E-state index contributed by atoms with van der Waals surface area (Å²) in [4.78, 5) is 38.0. The molecule has 0 aliphatic heterocycles. The van der Waals surface area contributed by atoms with Gasteiger partial charge in [0.1, 0.15) is 11.3 Å². The molecule has 0 saturated carbocycles. The lowest BCUT2D eigenvalue weighted by atomic mass is 10.3. The highest BCUT2D eigenvalue weighted by atomic mass is 32.2. The number of fused-ring (bicyclic) bond motifs is 1. The number of alkyl carbamates (subject to hydrolysis) is 1. The number of rotatable bonds is 6. The van der Waals surface area contributed by atoms with E-state index in [0.29, 0.717) is 16.3 Å². The number of carbonyl (C=O) groups excluding carboxylic acids is 3. The molecule has 2 aromatic rings. The van der Waals surface area contributed by atoms with Gasteiger partial charge in [-0.05, 0) is 19.1 Å². The first-order valence-corrected chi connectivity index (χ1v) is 7.67. The fourth-order valence-corrected chi connectivity index (χ4v) is 2.17. The Balaban J connectivity index is 1.72. The zero-order valence-electron chi connectivity index (χ0n) is 12.2. The van der Waals surface area contributed by atoms with Gasteiger partial charge in [-0.15, -0.1) is 0 Å². The highest BCUT2D eigenvalue weighted by molar-refractivity contribution is 7.99. The van der Waals surface area contributed by atoms with Crippen LogP contribution in [0.1, 0.15) is 6.92 Å². The van der Waals surface area contributed by atoms with Crippen LogP contribution >= 0.6 is 11.8 Å². The van der Waals surface area contributed by atoms with E-state index in [2.05, 4.69) is 9.72 Å². The smallest absolute Gasteiger partial charge is 0.413 e. The molecule has 0 bridgehead atoms. The Morgan fingerprint density at radius 3 is 2.78 bits per heavy atom. The van der Waals surface area contributed by atoms with E-state index in [1.807, 2.05) is 17.4 Å². The lowest BCUT2D eigenvalue weighted by Gasteiger charge is -2.05. The summed E-state index contributed by atoms with van der Waals surface area (Å²) in [6.45, 7) is 1.18. The largest absolute Gasteiger partial charge is 0.455 e. The van der Waals surface area contributed by atoms with Gasteiger partial charge in [0.05, 0.1) is 6.61 Å². The molecule has 1 aromatic heterocycles. The third kappa shape index (κ3) is 5.29. The first-order chi connectivity index (χ1) is 11.1. The zero-order chi connectivity index (χ0) is 16.7. The van der Waals surface area contributed by atoms with Crippen molar-refractivity contribution < 1.29 is 28.3 Å². The summed E-state index contributed by atoms with van der Waals surface area (Å²) in [5.74, 6) is -1.46. The molecule has 0 radical (unpaired) electrons. The van der Waals surface area contributed by atoms with Gasteiger partial charge >= 0.3 is 12.1 Å². The van der Waals surface area contributed by atoms with Gasteiger partial charge in [0.25, 0.3) is 11.1 Å². The average Bonchev–Trinajstić information content (AvgIpc) is 2.94. The molecule has 23 heavy (non-hydrogen) atoms. The van der Waals surface area contributed by atoms with E-state index in [1.54, 1.807) is 19.1 Å². The number of nitrogens with one attached hydrogen (secondary N) is 1. The standard InChI is InChI=1S/C14H14N2O6S/c1-2-20-13(19)16-11(17)7-21-12(18)8-23-14-15-9-5-3-4-6-10(9)22-14/h3-6H,2,7-8H2,1H3,(H,16,17,19). The predicted octanol–water partition coefficient (Wildman–Crippen LogP) is 1.74. The molecule has 0 atom stereocenters. The molecule has 8 nitrogen and oxygen atoms in total. The number of hydrogen-bond acceptors (Lipinski definition) is 8. The van der Waals surface area contributed by atoms with Crippen LogP contribution < -0.4 is 5.32 Å². The number of hydrogen-bond donors (Lipinski definition) is 1. The number of aromatic nitrogens is 1. The number of ether oxygens (including phenoxy) is 2. The number of carbonyl (C=O) groups is 3. The van der Waals surface area contributed by atoms with Crippen molar-refractivity contribution in [1.29, 1.82) is 0 Å². The fourth-order valence-electron chi connectivity index (χ4n) is 1.54. The van der Waals surface area contributed by atoms with Crippen molar-refractivity contribution in [3.05, 3.63) is 24.3 Å². The van der Waals surface area contributed by atoms with Gasteiger partial charge in [0.15, 0.2) is 12.2 Å². The van der Waals surface area contributed by atoms with Crippen LogP contribution in [0.5, 0.6) is 0 Å². The van der Waals surface area contributed by atoms with Gasteiger partial charge < -0.3 is 13.9 Å². The van der Waals surface area contributed by atoms with E-state index >= 15 is 0 Å². The normalized spacial score (nSPS) is 10.3. The SMILES string of the molecule is CCOC(=O)NC(=O)COC(=O)CSc1nc2ccccc2o1. The first kappa shape index (κ1) is 16.8. The van der Waals surface area contributed by atoms with Crippen molar-refractivity contribution >= 4 is 40.8 Å². The summed E-state index contributed by atoms with van der Waals surface area (Å²) < 4.78 is 14.7. The van der Waals surface area contributed by atoms with E-state index < -0.39 is 24.6 Å². The molecule has 9 heteroatoms. The molecular weight excluding hydrogens is 324 g/mol. The third-order valence-electron chi connectivity index (χ3n) is 2.47. The van der Waals surface area contributed by atoms with Crippen LogP contribution in [0.25, 0.3) is 11.1 Å². The minimum atomic E-state index is -0.880. The maximum absolute atomic E-state index is 11.5. The molecule has 0 fully saturated rings. The summed E-state index contributed by atoms with van der Waals surface area (Å²) in [6, 6.07) is 7.21. The van der Waals surface area contributed by atoms with Crippen molar-refractivity contribution in [2.45, 2.75) is 12.1 Å². The second-order valence-corrected chi connectivity index (χ2v) is 5.09. The van der Waals surface area contributed by atoms with E-state index in [0.717, 1.165) is 11.8 Å². The Labute approximate surface area is 135 Å². The molecule has 0 aliphatic rings. The van der Waals surface area contributed by atoms with Gasteiger partial charge in [-0.2, -0.15) is 0 Å². The molecular formula is C14H14N2O6S. The molecule has 122 valence electrons. The minimum Gasteiger partial charge on any atom is -0.455 e. The highest BCUT2D eigenvalue weighted by Crippen LogP contribution is 2.22. The molecule has 0 aliphatic carbocycles. The maximum atomic E-state index is 11.5. The molecule has 2 rings (SSSR count). The van der Waals surface area contributed by atoms with Crippen LogP contribution in [0.2, 0.25) is 0 Å². The van der Waals surface area contributed by atoms with Crippen molar-refractivity contribution in [2.75, 3.05) is 19.0 Å². The van der Waals surface area contributed by atoms with Crippen molar-refractivity contribution in [1.82, 2.24) is 10.3 Å². The number of oxazole rings is 1. The molecule has 0 unspecified atom stereocenters. The van der Waals surface area contributed by atoms with Crippen LogP contribution in [-0.2, 0) is 19.1 Å². The summed E-state index contributed by atoms with van der Waals surface area (Å²) in [6.07, 6.45) is -0.880. The van der Waals surface area contributed by atoms with Crippen molar-refractivity contribution in [3.63, 3.8) is 0 Å². The van der Waals surface area contributed by atoms with Gasteiger partial charge in [0, 0.05) is 0 Å². The second-order valence-electron chi connectivity index (χ2n) is 4.17. The van der Waals surface area contributed by atoms with Gasteiger partial charge in [0.2, 0.25) is 0 Å². The summed E-state index contributed by atoms with van der Waals surface area (Å²) in [5.41, 5.74) is 1.31. The molecule has 0 spiro atoms. The van der Waals surface area contributed by atoms with Gasteiger partial charge in [-0.3, -0.25) is 14.9 Å². The zero-order valence-corrected chi connectivity index (χ0v) is 13.1. The van der Waals surface area contributed by atoms with E-state index in [-0.39, 0.29) is 12.4 Å². The average molecular weight is 338 g/mol. The van der Waals surface area contributed by atoms with Crippen LogP contribution in [0.4, 0.5) is 4.79 Å². The number of nitrogens with zero attached hydrogens (tertiary/aromatic N) is 1. The van der Waals surface area contributed by atoms with Crippen molar-refractivity contribution in [3.8, 4) is 0 Å². The lowest BCUT2D eigenvalue weighted by molar-refractivity contribution is -0.145. The molecule has 0 saturated heterocycles. The Morgan fingerprint density at radius 2 is 2.04 bits per heavy atom. The number of amides is 2. The van der Waals surface area contributed by atoms with E-state index in [4.69, 9.17) is 9.15 Å². The van der Waals surface area contributed by atoms with E-state index in [1.165, 1.54) is 0 Å². The Bertz CT molecular complexity index is 681. The fraction of sp³-hybridized carbons (Fsp3) is 0.286. The summed E-state index contributed by atoms with van der Waals surface area (Å²) >= 11 is 1.05. The van der Waals surface area contributed by atoms with Crippen LogP contribution in [0.3, 0.4) is 0 Å². The number of esters is 1. The first-order valence-electron chi connectivity index (χ1n) is 6.69. The minimum absolute atomic E-state index is 0.0699.